The van der Waals surface area contributed by atoms with E-state index in [0.29, 0.717) is 26.1 Å². The fraction of sp³-hybridized carbons (Fsp3) is 0.909. The zero-order valence-electron chi connectivity index (χ0n) is 17.3. The Hall–Kier alpha value is -1.10. The Kier molecular flexibility index (Phi) is 9.60. The number of hydrogen-bond donors (Lipinski definition) is 0. The van der Waals surface area contributed by atoms with Gasteiger partial charge in [0.1, 0.15) is 0 Å². The van der Waals surface area contributed by atoms with E-state index in [1.54, 1.807) is 0 Å². The maximum absolute atomic E-state index is 12.7. The van der Waals surface area contributed by atoms with E-state index in [4.69, 9.17) is 14.2 Å². The minimum absolute atomic E-state index is 0.0974. The molecule has 2 saturated heterocycles. The predicted molar refractivity (Wildman–Crippen MR) is 104 cm³/mol. The van der Waals surface area contributed by atoms with Crippen molar-refractivity contribution in [3.63, 3.8) is 0 Å². The lowest BCUT2D eigenvalue weighted by molar-refractivity contribution is -0.268. The van der Waals surface area contributed by atoms with E-state index < -0.39 is 11.5 Å². The maximum Gasteiger partial charge on any atom is 0.339 e. The average molecular weight is 383 g/mol. The van der Waals surface area contributed by atoms with E-state index in [2.05, 4.69) is 13.8 Å². The zero-order chi connectivity index (χ0) is 19.5. The monoisotopic (exact) mass is 382 g/mol. The van der Waals surface area contributed by atoms with Crippen molar-refractivity contribution in [2.24, 2.45) is 5.92 Å². The van der Waals surface area contributed by atoms with Crippen LogP contribution in [0.15, 0.2) is 0 Å². The summed E-state index contributed by atoms with van der Waals surface area (Å²) >= 11 is 0. The Labute approximate surface area is 164 Å². The fourth-order valence-corrected chi connectivity index (χ4v) is 4.15. The molecule has 2 bridgehead atoms. The van der Waals surface area contributed by atoms with Gasteiger partial charge in [-0.2, -0.15) is 0 Å². The fourth-order valence-electron chi connectivity index (χ4n) is 4.15. The van der Waals surface area contributed by atoms with Crippen LogP contribution in [0.1, 0.15) is 97.3 Å². The van der Waals surface area contributed by atoms with Crippen molar-refractivity contribution >= 4 is 11.9 Å². The number of fused-ring (bicyclic) bond motifs is 2. The molecular weight excluding hydrogens is 344 g/mol. The Morgan fingerprint density at radius 3 is 2.00 bits per heavy atom. The number of carbonyl (C=O) groups excluding carboxylic acids is 2. The molecule has 3 fully saturated rings. The molecule has 3 atom stereocenters. The van der Waals surface area contributed by atoms with Gasteiger partial charge in [0.25, 0.3) is 0 Å². The molecule has 2 aliphatic heterocycles. The highest BCUT2D eigenvalue weighted by atomic mass is 16.6. The van der Waals surface area contributed by atoms with Crippen molar-refractivity contribution < 1.29 is 23.8 Å². The highest BCUT2D eigenvalue weighted by Gasteiger charge is 2.63. The van der Waals surface area contributed by atoms with E-state index in [9.17, 15) is 9.59 Å². The molecule has 1 saturated carbocycles. The van der Waals surface area contributed by atoms with Crippen LogP contribution in [0.5, 0.6) is 0 Å². The lowest BCUT2D eigenvalue weighted by Gasteiger charge is -2.53. The number of unbranched alkanes of at least 4 members (excludes halogenated alkanes) is 8. The molecule has 0 amide bonds. The van der Waals surface area contributed by atoms with Crippen LogP contribution in [0.4, 0.5) is 0 Å². The Morgan fingerprint density at radius 2 is 1.41 bits per heavy atom. The summed E-state index contributed by atoms with van der Waals surface area (Å²) in [4.78, 5) is 25.2. The standard InChI is InChI=1S/C22H38O5/c1-3-5-7-9-11-15-25-20(23)19-14-13-18-17-22(19,27-18)21(24)26-16-12-10-8-6-4-2/h18-19H,3-17H2,1-2H3. The van der Waals surface area contributed by atoms with Gasteiger partial charge in [0.2, 0.25) is 0 Å². The van der Waals surface area contributed by atoms with Crippen LogP contribution in [-0.4, -0.2) is 36.9 Å². The van der Waals surface area contributed by atoms with E-state index in [1.807, 2.05) is 0 Å². The van der Waals surface area contributed by atoms with E-state index >= 15 is 0 Å². The first-order valence-electron chi connectivity index (χ1n) is 11.2. The molecule has 156 valence electrons. The molecule has 2 heterocycles. The van der Waals surface area contributed by atoms with Crippen LogP contribution in [0.3, 0.4) is 0 Å². The number of hydrogen-bond acceptors (Lipinski definition) is 5. The van der Waals surface area contributed by atoms with E-state index in [1.165, 1.54) is 38.5 Å². The third kappa shape index (κ3) is 6.20. The van der Waals surface area contributed by atoms with Gasteiger partial charge in [-0.15, -0.1) is 0 Å². The second-order valence-corrected chi connectivity index (χ2v) is 8.10. The third-order valence-corrected chi connectivity index (χ3v) is 5.85. The first-order valence-corrected chi connectivity index (χ1v) is 11.2. The third-order valence-electron chi connectivity index (χ3n) is 5.85. The Bertz CT molecular complexity index is 456. The second kappa shape index (κ2) is 11.7. The van der Waals surface area contributed by atoms with Crippen molar-refractivity contribution in [2.75, 3.05) is 13.2 Å². The lowest BCUT2D eigenvalue weighted by Crippen LogP contribution is -2.66. The zero-order valence-corrected chi connectivity index (χ0v) is 17.3. The molecule has 3 aliphatic rings. The van der Waals surface area contributed by atoms with Crippen LogP contribution in [0.25, 0.3) is 0 Å². The van der Waals surface area contributed by atoms with Gasteiger partial charge < -0.3 is 14.2 Å². The molecule has 3 rings (SSSR count). The molecule has 0 spiro atoms. The highest BCUT2D eigenvalue weighted by Crippen LogP contribution is 2.49. The van der Waals surface area contributed by atoms with Crippen LogP contribution >= 0.6 is 0 Å². The van der Waals surface area contributed by atoms with Crippen LogP contribution < -0.4 is 0 Å². The van der Waals surface area contributed by atoms with Crippen molar-refractivity contribution in [1.82, 2.24) is 0 Å². The smallest absolute Gasteiger partial charge is 0.339 e. The van der Waals surface area contributed by atoms with E-state index in [0.717, 1.165) is 32.1 Å². The Balaban J connectivity index is 1.74. The minimum atomic E-state index is -1.08. The largest absolute Gasteiger partial charge is 0.465 e. The molecule has 0 aromatic rings. The number of esters is 2. The van der Waals surface area contributed by atoms with Crippen molar-refractivity contribution in [3.05, 3.63) is 0 Å². The topological polar surface area (TPSA) is 61.8 Å². The summed E-state index contributed by atoms with van der Waals surface area (Å²) in [7, 11) is 0. The maximum atomic E-state index is 12.7. The summed E-state index contributed by atoms with van der Waals surface area (Å²) in [5, 5.41) is 0. The average Bonchev–Trinajstić information content (AvgIpc) is 2.66. The quantitative estimate of drug-likeness (QED) is 0.314. The number of ether oxygens (including phenoxy) is 3. The van der Waals surface area contributed by atoms with Gasteiger partial charge in [-0.3, -0.25) is 4.79 Å². The van der Waals surface area contributed by atoms with Crippen molar-refractivity contribution in [1.29, 1.82) is 0 Å². The molecule has 27 heavy (non-hydrogen) atoms. The van der Waals surface area contributed by atoms with Gasteiger partial charge in [0.15, 0.2) is 5.60 Å². The van der Waals surface area contributed by atoms with Crippen LogP contribution in [0.2, 0.25) is 0 Å². The molecule has 5 nitrogen and oxygen atoms in total. The molecule has 5 heteroatoms. The first kappa shape index (κ1) is 22.2. The molecule has 3 unspecified atom stereocenters. The number of carbonyl (C=O) groups is 2. The number of rotatable bonds is 14. The second-order valence-electron chi connectivity index (χ2n) is 8.10. The summed E-state index contributed by atoms with van der Waals surface area (Å²) in [5.41, 5.74) is -1.08. The molecular formula is C22H38O5. The molecule has 0 aromatic carbocycles. The van der Waals surface area contributed by atoms with Crippen molar-refractivity contribution in [2.45, 2.75) is 109 Å². The summed E-state index contributed by atoms with van der Waals surface area (Å²) in [6, 6.07) is 0. The highest BCUT2D eigenvalue weighted by molar-refractivity contribution is 5.89. The summed E-state index contributed by atoms with van der Waals surface area (Å²) in [6.07, 6.45) is 13.3. The van der Waals surface area contributed by atoms with Crippen LogP contribution in [-0.2, 0) is 23.8 Å². The molecule has 0 radical (unpaired) electrons. The van der Waals surface area contributed by atoms with Crippen LogP contribution in [0, 0.1) is 5.92 Å². The lowest BCUT2D eigenvalue weighted by atomic mass is 9.69. The van der Waals surface area contributed by atoms with Gasteiger partial charge in [-0.1, -0.05) is 65.2 Å². The normalized spacial score (nSPS) is 26.3. The predicted octanol–water partition coefficient (Wildman–Crippen LogP) is 4.95. The molecule has 0 aromatic heterocycles. The Morgan fingerprint density at radius 1 is 0.852 bits per heavy atom. The first-order chi connectivity index (χ1) is 13.1. The molecule has 0 N–H and O–H groups in total. The molecule has 1 aliphatic carbocycles. The van der Waals surface area contributed by atoms with Gasteiger partial charge in [0, 0.05) is 6.42 Å². The SMILES string of the molecule is CCCCCCCOC(=O)C1CCC2CC1(C(=O)OCCCCCCC)O2. The summed E-state index contributed by atoms with van der Waals surface area (Å²) < 4.78 is 16.8. The van der Waals surface area contributed by atoms with Gasteiger partial charge in [0.05, 0.1) is 25.2 Å². The van der Waals surface area contributed by atoms with Gasteiger partial charge in [-0.25, -0.2) is 4.79 Å². The minimum Gasteiger partial charge on any atom is -0.465 e. The van der Waals surface area contributed by atoms with Gasteiger partial charge >= 0.3 is 11.9 Å². The van der Waals surface area contributed by atoms with Crippen molar-refractivity contribution in [3.8, 4) is 0 Å². The summed E-state index contributed by atoms with van der Waals surface area (Å²) in [5.74, 6) is -1.16. The van der Waals surface area contributed by atoms with E-state index in [-0.39, 0.29) is 18.0 Å². The summed E-state index contributed by atoms with van der Waals surface area (Å²) in [6.45, 7) is 5.21. The van der Waals surface area contributed by atoms with Gasteiger partial charge in [-0.05, 0) is 25.7 Å².